The molecule has 142 valence electrons. The van der Waals surface area contributed by atoms with Crippen molar-refractivity contribution in [3.05, 3.63) is 24.0 Å². The normalized spacial score (nSPS) is 11.0. The third-order valence-corrected chi connectivity index (χ3v) is 4.59. The van der Waals surface area contributed by atoms with Gasteiger partial charge >= 0.3 is 0 Å². The van der Waals surface area contributed by atoms with Gasteiger partial charge in [0.1, 0.15) is 5.82 Å². The number of carbonyl (C=O) groups excluding carboxylic acids is 2. The third-order valence-electron chi connectivity index (χ3n) is 4.59. The summed E-state index contributed by atoms with van der Waals surface area (Å²) < 4.78 is 7.50. The number of aryl methyl sites for hydroxylation is 1. The smallest absolute Gasteiger partial charge is 0.259 e. The molecule has 0 atom stereocenters. The Morgan fingerprint density at radius 2 is 1.88 bits per heavy atom. The van der Waals surface area contributed by atoms with Crippen molar-refractivity contribution in [1.29, 1.82) is 0 Å². The third kappa shape index (κ3) is 3.81. The van der Waals surface area contributed by atoms with E-state index in [-0.39, 0.29) is 24.3 Å². The molecule has 0 aliphatic heterocycles. The van der Waals surface area contributed by atoms with E-state index in [0.29, 0.717) is 11.4 Å². The first-order chi connectivity index (χ1) is 12.3. The molecule has 0 N–H and O–H groups in total. The molecule has 2 aromatic heterocycles. The number of rotatable bonds is 7. The highest BCUT2D eigenvalue weighted by Crippen LogP contribution is 2.28. The number of imidazole rings is 1. The molecule has 0 bridgehead atoms. The first-order valence-electron chi connectivity index (χ1n) is 8.89. The molecule has 0 aliphatic carbocycles. The number of pyridine rings is 1. The zero-order valence-electron chi connectivity index (χ0n) is 16.4. The van der Waals surface area contributed by atoms with Crippen LogP contribution in [0, 0.1) is 12.8 Å². The highest BCUT2D eigenvalue weighted by Gasteiger charge is 2.24. The molecule has 7 heteroatoms. The maximum absolute atomic E-state index is 12.8. The lowest BCUT2D eigenvalue weighted by Crippen LogP contribution is -2.33. The van der Waals surface area contributed by atoms with Gasteiger partial charge in [-0.3, -0.25) is 18.9 Å². The van der Waals surface area contributed by atoms with Crippen molar-refractivity contribution in [3.63, 3.8) is 0 Å². The van der Waals surface area contributed by atoms with Gasteiger partial charge in [0, 0.05) is 33.3 Å². The van der Waals surface area contributed by atoms with Crippen molar-refractivity contribution >= 4 is 23.3 Å². The van der Waals surface area contributed by atoms with Crippen molar-refractivity contribution in [2.75, 3.05) is 32.6 Å². The van der Waals surface area contributed by atoms with E-state index in [9.17, 15) is 9.59 Å². The minimum Gasteiger partial charge on any atom is -0.480 e. The van der Waals surface area contributed by atoms with Crippen molar-refractivity contribution in [1.82, 2.24) is 14.3 Å². The summed E-state index contributed by atoms with van der Waals surface area (Å²) in [5.74, 6) is 1.18. The monoisotopic (exact) mass is 360 g/mol. The summed E-state index contributed by atoms with van der Waals surface area (Å²) >= 11 is 0. The predicted molar refractivity (Wildman–Crippen MR) is 102 cm³/mol. The van der Waals surface area contributed by atoms with Crippen molar-refractivity contribution in [3.8, 4) is 5.75 Å². The Morgan fingerprint density at radius 3 is 2.46 bits per heavy atom. The lowest BCUT2D eigenvalue weighted by molar-refractivity contribution is -0.130. The second-order valence-electron chi connectivity index (χ2n) is 6.57. The van der Waals surface area contributed by atoms with Gasteiger partial charge in [0.2, 0.25) is 5.91 Å². The van der Waals surface area contributed by atoms with E-state index in [1.807, 2.05) is 37.4 Å². The number of amides is 2. The molecule has 0 radical (unpaired) electrons. The van der Waals surface area contributed by atoms with Crippen LogP contribution < -0.4 is 9.64 Å². The SMILES string of the molecule is CCC(CC)C(=O)N(C)c1c(C)nc2c(OCC(=O)N(C)C)cccn12. The van der Waals surface area contributed by atoms with Gasteiger partial charge in [-0.1, -0.05) is 13.8 Å². The molecule has 2 heterocycles. The second-order valence-corrected chi connectivity index (χ2v) is 6.57. The molecule has 2 rings (SSSR count). The summed E-state index contributed by atoms with van der Waals surface area (Å²) in [5, 5.41) is 0. The van der Waals surface area contributed by atoms with E-state index in [0.717, 1.165) is 24.4 Å². The van der Waals surface area contributed by atoms with Crippen LogP contribution in [0.2, 0.25) is 0 Å². The average molecular weight is 360 g/mol. The van der Waals surface area contributed by atoms with Crippen LogP contribution >= 0.6 is 0 Å². The first-order valence-corrected chi connectivity index (χ1v) is 8.89. The highest BCUT2D eigenvalue weighted by molar-refractivity contribution is 5.94. The molecule has 0 fully saturated rings. The van der Waals surface area contributed by atoms with Gasteiger partial charge < -0.3 is 9.64 Å². The molecular formula is C19H28N4O3. The number of fused-ring (bicyclic) bond motifs is 1. The molecule has 0 unspecified atom stereocenters. The summed E-state index contributed by atoms with van der Waals surface area (Å²) in [6, 6.07) is 3.60. The van der Waals surface area contributed by atoms with E-state index < -0.39 is 0 Å². The molecule has 26 heavy (non-hydrogen) atoms. The van der Waals surface area contributed by atoms with Crippen LogP contribution in [0.4, 0.5) is 5.82 Å². The summed E-state index contributed by atoms with van der Waals surface area (Å²) in [7, 11) is 5.14. The number of hydrogen-bond donors (Lipinski definition) is 0. The van der Waals surface area contributed by atoms with Crippen LogP contribution in [0.15, 0.2) is 18.3 Å². The summed E-state index contributed by atoms with van der Waals surface area (Å²) in [6.45, 7) is 5.86. The van der Waals surface area contributed by atoms with E-state index in [1.165, 1.54) is 4.90 Å². The fourth-order valence-corrected chi connectivity index (χ4v) is 2.95. The number of ether oxygens (including phenoxy) is 1. The molecule has 0 saturated carbocycles. The Hall–Kier alpha value is -2.57. The van der Waals surface area contributed by atoms with Gasteiger partial charge in [-0.15, -0.1) is 0 Å². The average Bonchev–Trinajstić information content (AvgIpc) is 2.96. The van der Waals surface area contributed by atoms with Gasteiger partial charge in [0.05, 0.1) is 5.69 Å². The molecule has 2 aromatic rings. The van der Waals surface area contributed by atoms with Gasteiger partial charge in [-0.05, 0) is 31.9 Å². The quantitative estimate of drug-likeness (QED) is 0.761. The predicted octanol–water partition coefficient (Wildman–Crippen LogP) is 2.51. The number of hydrogen-bond acceptors (Lipinski definition) is 4. The second kappa shape index (κ2) is 8.21. The zero-order chi connectivity index (χ0) is 19.4. The fourth-order valence-electron chi connectivity index (χ4n) is 2.95. The Kier molecular flexibility index (Phi) is 6.23. The zero-order valence-corrected chi connectivity index (χ0v) is 16.4. The number of aromatic nitrogens is 2. The maximum Gasteiger partial charge on any atom is 0.259 e. The standard InChI is InChI=1S/C19H28N4O3/c1-7-14(8-2)19(25)22(6)18-13(3)20-17-15(10-9-11-23(17)18)26-12-16(24)21(4)5/h9-11,14H,7-8,12H2,1-6H3. The van der Waals surface area contributed by atoms with E-state index in [4.69, 9.17) is 4.74 Å². The Bertz CT molecular complexity index is 793. The van der Waals surface area contributed by atoms with Gasteiger partial charge in [-0.25, -0.2) is 4.98 Å². The topological polar surface area (TPSA) is 67.2 Å². The molecule has 0 aromatic carbocycles. The van der Waals surface area contributed by atoms with Crippen LogP contribution in [0.1, 0.15) is 32.4 Å². The highest BCUT2D eigenvalue weighted by atomic mass is 16.5. The largest absolute Gasteiger partial charge is 0.480 e. The lowest BCUT2D eigenvalue weighted by Gasteiger charge is -2.22. The Morgan fingerprint density at radius 1 is 1.23 bits per heavy atom. The van der Waals surface area contributed by atoms with Crippen LogP contribution in [0.25, 0.3) is 5.65 Å². The first kappa shape index (κ1) is 19.8. The minimum absolute atomic E-state index is 0.0119. The van der Waals surface area contributed by atoms with Crippen LogP contribution in [-0.2, 0) is 9.59 Å². The summed E-state index contributed by atoms with van der Waals surface area (Å²) in [6.07, 6.45) is 3.45. The number of likely N-dealkylation sites (N-methyl/N-ethyl adjacent to an activating group) is 1. The van der Waals surface area contributed by atoms with Crippen molar-refractivity contribution < 1.29 is 14.3 Å². The maximum atomic E-state index is 12.8. The van der Waals surface area contributed by atoms with E-state index in [2.05, 4.69) is 4.98 Å². The van der Waals surface area contributed by atoms with Gasteiger partial charge in [0.25, 0.3) is 5.91 Å². The van der Waals surface area contributed by atoms with E-state index in [1.54, 1.807) is 32.1 Å². The number of carbonyl (C=O) groups is 2. The van der Waals surface area contributed by atoms with Crippen LogP contribution in [0.3, 0.4) is 0 Å². The van der Waals surface area contributed by atoms with Gasteiger partial charge in [0.15, 0.2) is 18.0 Å². The minimum atomic E-state index is -0.128. The molecule has 0 spiro atoms. The van der Waals surface area contributed by atoms with Gasteiger partial charge in [-0.2, -0.15) is 0 Å². The van der Waals surface area contributed by atoms with E-state index >= 15 is 0 Å². The summed E-state index contributed by atoms with van der Waals surface area (Å²) in [5.41, 5.74) is 1.33. The lowest BCUT2D eigenvalue weighted by atomic mass is 10.0. The Labute approximate surface area is 154 Å². The molecule has 0 aliphatic rings. The van der Waals surface area contributed by atoms with Crippen LogP contribution in [-0.4, -0.2) is 53.8 Å². The molecule has 2 amide bonds. The molecule has 0 saturated heterocycles. The van der Waals surface area contributed by atoms with Crippen molar-refractivity contribution in [2.45, 2.75) is 33.6 Å². The van der Waals surface area contributed by atoms with Crippen molar-refractivity contribution in [2.24, 2.45) is 5.92 Å². The van der Waals surface area contributed by atoms with Crippen LogP contribution in [0.5, 0.6) is 5.75 Å². The molecular weight excluding hydrogens is 332 g/mol. The molecule has 7 nitrogen and oxygen atoms in total. The number of anilines is 1. The summed E-state index contributed by atoms with van der Waals surface area (Å²) in [4.78, 5) is 32.3. The fraction of sp³-hybridized carbons (Fsp3) is 0.526. The number of nitrogens with zero attached hydrogens (tertiary/aromatic N) is 4. The Balaban J connectivity index is 2.38.